The number of piperazine rings is 1. The molecule has 1 fully saturated rings. The van der Waals surface area contributed by atoms with Crippen molar-refractivity contribution in [3.63, 3.8) is 0 Å². The standard InChI is InChI=1S/C27H38N2O4S/c1-18(2)22-14-23(19(3)4)27(24(15-22)20(5)6)34(30,31)29-11-9-28(10-12-29)16-21-7-8-25-26(13-21)33-17-32-25/h7-8,13-15,18-20H,9-12,16-17H2,1-6H3. The van der Waals surface area contributed by atoms with Gasteiger partial charge in [0.1, 0.15) is 0 Å². The molecule has 7 heteroatoms. The SMILES string of the molecule is CC(C)c1cc(C(C)C)c(S(=O)(=O)N2CCN(Cc3ccc4c(c3)OCO4)CC2)c(C(C)C)c1. The molecule has 0 aromatic heterocycles. The van der Waals surface area contributed by atoms with Crippen LogP contribution in [0, 0.1) is 0 Å². The van der Waals surface area contributed by atoms with E-state index in [9.17, 15) is 8.42 Å². The van der Waals surface area contributed by atoms with Crippen molar-refractivity contribution < 1.29 is 17.9 Å². The summed E-state index contributed by atoms with van der Waals surface area (Å²) in [5, 5.41) is 0. The molecule has 4 rings (SSSR count). The number of benzene rings is 2. The number of sulfonamides is 1. The van der Waals surface area contributed by atoms with Gasteiger partial charge < -0.3 is 9.47 Å². The van der Waals surface area contributed by atoms with Crippen molar-refractivity contribution in [1.82, 2.24) is 9.21 Å². The predicted octanol–water partition coefficient (Wildman–Crippen LogP) is 5.29. The van der Waals surface area contributed by atoms with Crippen LogP contribution in [0.5, 0.6) is 11.5 Å². The van der Waals surface area contributed by atoms with Gasteiger partial charge >= 0.3 is 0 Å². The number of hydrogen-bond acceptors (Lipinski definition) is 5. The highest BCUT2D eigenvalue weighted by Crippen LogP contribution is 2.37. The Hall–Kier alpha value is -2.09. The Kier molecular flexibility index (Phi) is 7.27. The van der Waals surface area contributed by atoms with Crippen LogP contribution in [0.2, 0.25) is 0 Å². The summed E-state index contributed by atoms with van der Waals surface area (Å²) in [6.07, 6.45) is 0. The van der Waals surface area contributed by atoms with Crippen LogP contribution < -0.4 is 9.47 Å². The average molecular weight is 487 g/mol. The number of rotatable bonds is 7. The fourth-order valence-corrected chi connectivity index (χ4v) is 6.83. The lowest BCUT2D eigenvalue weighted by Gasteiger charge is -2.35. The van der Waals surface area contributed by atoms with Crippen molar-refractivity contribution in [2.45, 2.75) is 70.7 Å². The highest BCUT2D eigenvalue weighted by Gasteiger charge is 2.34. The largest absolute Gasteiger partial charge is 0.454 e. The summed E-state index contributed by atoms with van der Waals surface area (Å²) in [6.45, 7) is 16.1. The molecule has 34 heavy (non-hydrogen) atoms. The fourth-order valence-electron chi connectivity index (χ4n) is 4.74. The van der Waals surface area contributed by atoms with E-state index >= 15 is 0 Å². The van der Waals surface area contributed by atoms with E-state index in [1.807, 2.05) is 12.1 Å². The topological polar surface area (TPSA) is 59.1 Å². The minimum absolute atomic E-state index is 0.133. The molecule has 2 heterocycles. The molecule has 0 bridgehead atoms. The number of hydrogen-bond donors (Lipinski definition) is 0. The molecule has 186 valence electrons. The Labute approximate surface area is 204 Å². The molecule has 0 N–H and O–H groups in total. The maximum Gasteiger partial charge on any atom is 0.243 e. The van der Waals surface area contributed by atoms with Crippen LogP contribution >= 0.6 is 0 Å². The van der Waals surface area contributed by atoms with Gasteiger partial charge in [0.15, 0.2) is 11.5 Å². The van der Waals surface area contributed by atoms with E-state index in [0.717, 1.165) is 34.7 Å². The molecule has 2 aromatic rings. The maximum absolute atomic E-state index is 14.0. The third-order valence-corrected chi connectivity index (χ3v) is 8.88. The van der Waals surface area contributed by atoms with Gasteiger partial charge in [-0.1, -0.05) is 59.7 Å². The molecule has 0 aliphatic carbocycles. The second-order valence-electron chi connectivity index (χ2n) is 10.4. The van der Waals surface area contributed by atoms with E-state index in [1.165, 1.54) is 5.56 Å². The van der Waals surface area contributed by atoms with Crippen LogP contribution in [0.1, 0.15) is 81.5 Å². The van der Waals surface area contributed by atoms with Gasteiger partial charge in [0.25, 0.3) is 0 Å². The number of fused-ring (bicyclic) bond motifs is 1. The van der Waals surface area contributed by atoms with Gasteiger partial charge in [-0.25, -0.2) is 8.42 Å². The first-order chi connectivity index (χ1) is 16.1. The molecular formula is C27H38N2O4S. The van der Waals surface area contributed by atoms with E-state index in [0.29, 0.717) is 37.0 Å². The zero-order chi connectivity index (χ0) is 24.6. The summed E-state index contributed by atoms with van der Waals surface area (Å²) in [4.78, 5) is 2.84. The van der Waals surface area contributed by atoms with Gasteiger partial charge in [0, 0.05) is 32.7 Å². The average Bonchev–Trinajstić information content (AvgIpc) is 3.26. The van der Waals surface area contributed by atoms with Crippen LogP contribution in [0.4, 0.5) is 0 Å². The third kappa shape index (κ3) is 4.97. The van der Waals surface area contributed by atoms with Crippen molar-refractivity contribution in [2.24, 2.45) is 0 Å². The molecule has 0 spiro atoms. The summed E-state index contributed by atoms with van der Waals surface area (Å²) in [7, 11) is -3.59. The van der Waals surface area contributed by atoms with Crippen LogP contribution in [-0.2, 0) is 16.6 Å². The van der Waals surface area contributed by atoms with Crippen LogP contribution in [-0.4, -0.2) is 50.6 Å². The molecule has 2 aliphatic heterocycles. The third-order valence-electron chi connectivity index (χ3n) is 6.85. The first-order valence-corrected chi connectivity index (χ1v) is 13.8. The summed E-state index contributed by atoms with van der Waals surface area (Å²) >= 11 is 0. The van der Waals surface area contributed by atoms with Gasteiger partial charge in [-0.2, -0.15) is 4.31 Å². The highest BCUT2D eigenvalue weighted by molar-refractivity contribution is 7.89. The smallest absolute Gasteiger partial charge is 0.243 e. The Morgan fingerprint density at radius 3 is 1.94 bits per heavy atom. The molecule has 2 aromatic carbocycles. The Bertz CT molecular complexity index is 1100. The van der Waals surface area contributed by atoms with Gasteiger partial charge in [-0.05, 0) is 52.1 Å². The minimum Gasteiger partial charge on any atom is -0.454 e. The molecule has 0 radical (unpaired) electrons. The minimum atomic E-state index is -3.59. The zero-order valence-corrected chi connectivity index (χ0v) is 22.1. The van der Waals surface area contributed by atoms with Gasteiger partial charge in [0.2, 0.25) is 16.8 Å². The summed E-state index contributed by atoms with van der Waals surface area (Å²) < 4.78 is 40.6. The lowest BCUT2D eigenvalue weighted by Crippen LogP contribution is -2.48. The lowest BCUT2D eigenvalue weighted by atomic mass is 9.89. The van der Waals surface area contributed by atoms with Crippen molar-refractivity contribution in [3.05, 3.63) is 52.6 Å². The Morgan fingerprint density at radius 2 is 1.38 bits per heavy atom. The predicted molar refractivity (Wildman–Crippen MR) is 135 cm³/mol. The summed E-state index contributed by atoms with van der Waals surface area (Å²) in [5.41, 5.74) is 4.24. The Morgan fingerprint density at radius 1 is 0.794 bits per heavy atom. The number of ether oxygens (including phenoxy) is 2. The van der Waals surface area contributed by atoms with Crippen LogP contribution in [0.15, 0.2) is 35.2 Å². The second kappa shape index (κ2) is 9.88. The summed E-state index contributed by atoms with van der Waals surface area (Å²) in [5.74, 6) is 2.18. The van der Waals surface area contributed by atoms with Crippen molar-refractivity contribution >= 4 is 10.0 Å². The molecule has 0 amide bonds. The van der Waals surface area contributed by atoms with E-state index in [4.69, 9.17) is 9.47 Å². The number of nitrogens with zero attached hydrogens (tertiary/aromatic N) is 2. The normalized spacial score (nSPS) is 17.3. The molecule has 6 nitrogen and oxygen atoms in total. The quantitative estimate of drug-likeness (QED) is 0.532. The molecule has 0 atom stereocenters. The first-order valence-electron chi connectivity index (χ1n) is 12.4. The van der Waals surface area contributed by atoms with E-state index in [1.54, 1.807) is 4.31 Å². The summed E-state index contributed by atoms with van der Waals surface area (Å²) in [6, 6.07) is 10.2. The fraction of sp³-hybridized carbons (Fsp3) is 0.556. The second-order valence-corrected chi connectivity index (χ2v) is 12.2. The van der Waals surface area contributed by atoms with Gasteiger partial charge in [-0.15, -0.1) is 0 Å². The van der Waals surface area contributed by atoms with Gasteiger partial charge in [-0.3, -0.25) is 4.90 Å². The molecular weight excluding hydrogens is 448 g/mol. The molecule has 0 unspecified atom stereocenters. The molecule has 2 aliphatic rings. The van der Waals surface area contributed by atoms with Crippen molar-refractivity contribution in [3.8, 4) is 11.5 Å². The molecule has 0 saturated carbocycles. The monoisotopic (exact) mass is 486 g/mol. The van der Waals surface area contributed by atoms with Gasteiger partial charge in [0.05, 0.1) is 4.90 Å². The first kappa shape index (κ1) is 25.0. The van der Waals surface area contributed by atoms with Crippen molar-refractivity contribution in [1.29, 1.82) is 0 Å². The zero-order valence-electron chi connectivity index (χ0n) is 21.3. The Balaban J connectivity index is 1.55. The van der Waals surface area contributed by atoms with Crippen LogP contribution in [0.25, 0.3) is 0 Å². The highest BCUT2D eigenvalue weighted by atomic mass is 32.2. The van der Waals surface area contributed by atoms with Crippen molar-refractivity contribution in [2.75, 3.05) is 33.0 Å². The van der Waals surface area contributed by atoms with E-state index < -0.39 is 10.0 Å². The van der Waals surface area contributed by atoms with E-state index in [-0.39, 0.29) is 18.6 Å². The van der Waals surface area contributed by atoms with E-state index in [2.05, 4.69) is 64.6 Å². The molecule has 1 saturated heterocycles. The maximum atomic E-state index is 14.0. The van der Waals surface area contributed by atoms with Crippen LogP contribution in [0.3, 0.4) is 0 Å². The lowest BCUT2D eigenvalue weighted by molar-refractivity contribution is 0.173.